The summed E-state index contributed by atoms with van der Waals surface area (Å²) in [5, 5.41) is 0.871. The summed E-state index contributed by atoms with van der Waals surface area (Å²) in [6.07, 6.45) is 19.0. The summed E-state index contributed by atoms with van der Waals surface area (Å²) >= 11 is 1.57. The normalized spacial score (nSPS) is 15.6. The van der Waals surface area contributed by atoms with E-state index in [-0.39, 0.29) is 5.91 Å². The first kappa shape index (κ1) is 24.0. The molecule has 0 aromatic heterocycles. The number of carbonyl (C=O) groups excluding carboxylic acids is 1. The van der Waals surface area contributed by atoms with Crippen molar-refractivity contribution in [3.05, 3.63) is 30.3 Å². The highest BCUT2D eigenvalue weighted by molar-refractivity contribution is 8.15. The summed E-state index contributed by atoms with van der Waals surface area (Å²) < 4.78 is 0. The van der Waals surface area contributed by atoms with Crippen LogP contribution >= 0.6 is 11.8 Å². The van der Waals surface area contributed by atoms with E-state index in [9.17, 15) is 4.79 Å². The van der Waals surface area contributed by atoms with Crippen LogP contribution in [0, 0.1) is 0 Å². The smallest absolute Gasteiger partial charge is 0.239 e. The number of benzene rings is 1. The minimum Gasteiger partial charge on any atom is -0.291 e. The highest BCUT2D eigenvalue weighted by Crippen LogP contribution is 2.24. The largest absolute Gasteiger partial charge is 0.291 e. The van der Waals surface area contributed by atoms with E-state index < -0.39 is 0 Å². The number of rotatable bonds is 16. The average molecular weight is 417 g/mol. The fourth-order valence-electron chi connectivity index (χ4n) is 3.78. The molecule has 0 spiro atoms. The predicted molar refractivity (Wildman–Crippen MR) is 128 cm³/mol. The van der Waals surface area contributed by atoms with Gasteiger partial charge in [-0.1, -0.05) is 120 Å². The van der Waals surface area contributed by atoms with Crippen molar-refractivity contribution >= 4 is 28.5 Å². The number of hydrogen-bond acceptors (Lipinski definition) is 3. The number of unbranched alkanes of at least 4 members (excludes halogenated alkanes) is 13. The molecule has 2 rings (SSSR count). The maximum Gasteiger partial charge on any atom is 0.239 e. The van der Waals surface area contributed by atoms with Crippen LogP contribution in [0.4, 0.5) is 5.69 Å². The Morgan fingerprint density at radius 3 is 1.86 bits per heavy atom. The molecule has 1 saturated heterocycles. The second kappa shape index (κ2) is 15.5. The van der Waals surface area contributed by atoms with Crippen LogP contribution < -0.4 is 0 Å². The Morgan fingerprint density at radius 2 is 1.31 bits per heavy atom. The molecule has 1 heterocycles. The van der Waals surface area contributed by atoms with Gasteiger partial charge >= 0.3 is 0 Å². The van der Waals surface area contributed by atoms with E-state index in [2.05, 4.69) is 11.9 Å². The van der Waals surface area contributed by atoms with Gasteiger partial charge in [0.15, 0.2) is 5.17 Å². The van der Waals surface area contributed by atoms with Crippen LogP contribution in [-0.4, -0.2) is 28.3 Å². The number of amidine groups is 1. The zero-order valence-corrected chi connectivity index (χ0v) is 19.2. The van der Waals surface area contributed by atoms with Gasteiger partial charge in [0.05, 0.1) is 11.4 Å². The van der Waals surface area contributed by atoms with Crippen LogP contribution in [0.2, 0.25) is 0 Å². The Labute approximate surface area is 182 Å². The van der Waals surface area contributed by atoms with Crippen molar-refractivity contribution in [2.24, 2.45) is 4.99 Å². The van der Waals surface area contributed by atoms with Crippen LogP contribution in [0.1, 0.15) is 96.8 Å². The Hall–Kier alpha value is -1.29. The Bertz CT molecular complexity index is 588. The summed E-state index contributed by atoms with van der Waals surface area (Å²) in [5.41, 5.74) is 0.927. The van der Waals surface area contributed by atoms with Crippen LogP contribution in [0.15, 0.2) is 35.3 Å². The Morgan fingerprint density at radius 1 is 0.793 bits per heavy atom. The van der Waals surface area contributed by atoms with Gasteiger partial charge in [-0.3, -0.25) is 9.69 Å². The molecular formula is C25H40N2OS. The number of aliphatic imine (C=N–C) groups is 1. The minimum atomic E-state index is 0.208. The molecule has 1 aliphatic rings. The fraction of sp³-hybridized carbons (Fsp3) is 0.680. The van der Waals surface area contributed by atoms with Gasteiger partial charge in [0.2, 0.25) is 5.91 Å². The molecule has 162 valence electrons. The summed E-state index contributed by atoms with van der Waals surface area (Å²) in [7, 11) is 0. The van der Waals surface area contributed by atoms with Crippen molar-refractivity contribution < 1.29 is 4.79 Å². The number of hydrogen-bond donors (Lipinski definition) is 0. The Balaban J connectivity index is 1.47. The number of thioether (sulfide) groups is 1. The lowest BCUT2D eigenvalue weighted by atomic mass is 10.0. The van der Waals surface area contributed by atoms with Gasteiger partial charge in [-0.15, -0.1) is 0 Å². The number of amides is 1. The molecule has 3 nitrogen and oxygen atoms in total. The molecule has 0 radical (unpaired) electrons. The molecule has 0 saturated carbocycles. The van der Waals surface area contributed by atoms with Crippen LogP contribution in [-0.2, 0) is 4.79 Å². The molecule has 1 fully saturated rings. The van der Waals surface area contributed by atoms with Crippen molar-refractivity contribution in [3.8, 4) is 0 Å². The first-order valence-corrected chi connectivity index (χ1v) is 12.9. The second-order valence-electron chi connectivity index (χ2n) is 8.16. The van der Waals surface area contributed by atoms with Gasteiger partial charge in [-0.2, -0.15) is 0 Å². The molecule has 0 unspecified atom stereocenters. The lowest BCUT2D eigenvalue weighted by Crippen LogP contribution is -2.30. The average Bonchev–Trinajstić information content (AvgIpc) is 3.08. The molecule has 1 aliphatic heterocycles. The summed E-state index contributed by atoms with van der Waals surface area (Å²) in [4.78, 5) is 18.7. The van der Waals surface area contributed by atoms with Crippen LogP contribution in [0.25, 0.3) is 0 Å². The Kier molecular flexibility index (Phi) is 12.8. The van der Waals surface area contributed by atoms with Crippen molar-refractivity contribution in [1.82, 2.24) is 4.90 Å². The molecular weight excluding hydrogens is 376 g/mol. The van der Waals surface area contributed by atoms with Gasteiger partial charge in [0.25, 0.3) is 0 Å². The van der Waals surface area contributed by atoms with E-state index in [1.165, 1.54) is 83.5 Å². The lowest BCUT2D eigenvalue weighted by molar-refractivity contribution is -0.124. The van der Waals surface area contributed by atoms with Gasteiger partial charge < -0.3 is 0 Å². The molecule has 0 aliphatic carbocycles. The van der Waals surface area contributed by atoms with Crippen LogP contribution in [0.5, 0.6) is 0 Å². The summed E-state index contributed by atoms with van der Waals surface area (Å²) in [6, 6.07) is 9.93. The standard InChI is InChI=1S/C25H40N2OS/c1-2-3-4-5-6-7-8-9-10-11-12-13-14-18-21-27-24(28)22-29-25(27)26-23-19-16-15-17-20-23/h15-17,19-20H,2-14,18,21-22H2,1H3. The molecule has 0 bridgehead atoms. The van der Waals surface area contributed by atoms with Crippen molar-refractivity contribution in [3.63, 3.8) is 0 Å². The molecule has 1 aromatic carbocycles. The first-order valence-electron chi connectivity index (χ1n) is 11.9. The van der Waals surface area contributed by atoms with Gasteiger partial charge in [0.1, 0.15) is 0 Å². The quantitative estimate of drug-likeness (QED) is 0.258. The molecule has 0 N–H and O–H groups in total. The molecule has 1 amide bonds. The summed E-state index contributed by atoms with van der Waals surface area (Å²) in [6.45, 7) is 3.10. The maximum atomic E-state index is 12.2. The van der Waals surface area contributed by atoms with E-state index in [0.717, 1.165) is 23.8 Å². The minimum absolute atomic E-state index is 0.208. The van der Waals surface area contributed by atoms with E-state index in [4.69, 9.17) is 0 Å². The molecule has 4 heteroatoms. The van der Waals surface area contributed by atoms with E-state index >= 15 is 0 Å². The first-order chi connectivity index (χ1) is 14.3. The SMILES string of the molecule is CCCCCCCCCCCCCCCCN1C(=O)CSC1=Nc1ccccc1. The van der Waals surface area contributed by atoms with Gasteiger partial charge in [0, 0.05) is 6.54 Å². The van der Waals surface area contributed by atoms with Gasteiger partial charge in [-0.05, 0) is 18.6 Å². The van der Waals surface area contributed by atoms with Crippen LogP contribution in [0.3, 0.4) is 0 Å². The highest BCUT2D eigenvalue weighted by Gasteiger charge is 2.27. The van der Waals surface area contributed by atoms with Crippen molar-refractivity contribution in [1.29, 1.82) is 0 Å². The fourth-order valence-corrected chi connectivity index (χ4v) is 4.71. The lowest BCUT2D eigenvalue weighted by Gasteiger charge is -2.15. The number of para-hydroxylation sites is 1. The van der Waals surface area contributed by atoms with E-state index in [0.29, 0.717) is 5.75 Å². The third-order valence-electron chi connectivity index (χ3n) is 5.57. The molecule has 1 aromatic rings. The number of nitrogens with zero attached hydrogens (tertiary/aromatic N) is 2. The summed E-state index contributed by atoms with van der Waals surface area (Å²) in [5.74, 6) is 0.740. The third kappa shape index (κ3) is 10.3. The zero-order chi connectivity index (χ0) is 20.6. The van der Waals surface area contributed by atoms with Crippen molar-refractivity contribution in [2.75, 3.05) is 12.3 Å². The zero-order valence-electron chi connectivity index (χ0n) is 18.4. The second-order valence-corrected chi connectivity index (χ2v) is 9.10. The maximum absolute atomic E-state index is 12.2. The highest BCUT2D eigenvalue weighted by atomic mass is 32.2. The van der Waals surface area contributed by atoms with E-state index in [1.807, 2.05) is 35.2 Å². The molecule has 0 atom stereocenters. The van der Waals surface area contributed by atoms with E-state index in [1.54, 1.807) is 11.8 Å². The van der Waals surface area contributed by atoms with Gasteiger partial charge in [-0.25, -0.2) is 4.99 Å². The number of carbonyl (C=O) groups is 1. The monoisotopic (exact) mass is 416 g/mol. The third-order valence-corrected chi connectivity index (χ3v) is 6.53. The topological polar surface area (TPSA) is 32.7 Å². The van der Waals surface area contributed by atoms with Crippen molar-refractivity contribution in [2.45, 2.75) is 96.8 Å². The predicted octanol–water partition coefficient (Wildman–Crippen LogP) is 7.73. The molecule has 29 heavy (non-hydrogen) atoms.